The summed E-state index contributed by atoms with van der Waals surface area (Å²) < 4.78 is 16.4. The SMILES string of the molecule is CC(C)c1ccccc1Oc1coc2cc(OCC(=O)O)ccc2c1=O. The Morgan fingerprint density at radius 2 is 1.92 bits per heavy atom. The van der Waals surface area contributed by atoms with E-state index in [2.05, 4.69) is 0 Å². The number of carbonyl (C=O) groups is 1. The third kappa shape index (κ3) is 3.69. The van der Waals surface area contributed by atoms with Crippen molar-refractivity contribution in [2.45, 2.75) is 19.8 Å². The Labute approximate surface area is 149 Å². The summed E-state index contributed by atoms with van der Waals surface area (Å²) >= 11 is 0. The van der Waals surface area contributed by atoms with E-state index in [1.807, 2.05) is 38.1 Å². The van der Waals surface area contributed by atoms with Crippen LogP contribution in [0, 0.1) is 0 Å². The van der Waals surface area contributed by atoms with Crippen LogP contribution in [0.25, 0.3) is 11.0 Å². The summed E-state index contributed by atoms with van der Waals surface area (Å²) in [6.45, 7) is 3.62. The fraction of sp³-hybridized carbons (Fsp3) is 0.200. The molecule has 0 unspecified atom stereocenters. The van der Waals surface area contributed by atoms with Gasteiger partial charge < -0.3 is 19.0 Å². The van der Waals surface area contributed by atoms with Gasteiger partial charge >= 0.3 is 5.97 Å². The number of fused-ring (bicyclic) bond motifs is 1. The number of aliphatic carboxylic acids is 1. The van der Waals surface area contributed by atoms with Gasteiger partial charge in [-0.15, -0.1) is 0 Å². The minimum absolute atomic E-state index is 0.0878. The topological polar surface area (TPSA) is 86.0 Å². The highest BCUT2D eigenvalue weighted by molar-refractivity contribution is 5.79. The fourth-order valence-corrected chi connectivity index (χ4v) is 2.57. The summed E-state index contributed by atoms with van der Waals surface area (Å²) in [5.41, 5.74) is 0.974. The molecule has 2 aromatic carbocycles. The van der Waals surface area contributed by atoms with Crippen LogP contribution in [0.4, 0.5) is 0 Å². The van der Waals surface area contributed by atoms with Gasteiger partial charge in [0.25, 0.3) is 0 Å². The van der Waals surface area contributed by atoms with E-state index in [1.165, 1.54) is 24.5 Å². The van der Waals surface area contributed by atoms with Gasteiger partial charge in [0.1, 0.15) is 23.3 Å². The number of carboxylic acids is 1. The Hall–Kier alpha value is -3.28. The van der Waals surface area contributed by atoms with Gasteiger partial charge in [-0.2, -0.15) is 0 Å². The van der Waals surface area contributed by atoms with Crippen molar-refractivity contribution in [2.24, 2.45) is 0 Å². The third-order valence-electron chi connectivity index (χ3n) is 3.84. The molecule has 6 nitrogen and oxygen atoms in total. The van der Waals surface area contributed by atoms with E-state index in [9.17, 15) is 9.59 Å². The maximum absolute atomic E-state index is 12.7. The molecule has 0 saturated heterocycles. The molecule has 1 aromatic heterocycles. The Morgan fingerprint density at radius 1 is 1.15 bits per heavy atom. The van der Waals surface area contributed by atoms with Crippen molar-refractivity contribution in [1.29, 1.82) is 0 Å². The first-order chi connectivity index (χ1) is 12.5. The normalized spacial score (nSPS) is 10.9. The molecular weight excluding hydrogens is 336 g/mol. The van der Waals surface area contributed by atoms with Gasteiger partial charge in [0.2, 0.25) is 11.2 Å². The first-order valence-corrected chi connectivity index (χ1v) is 8.12. The predicted octanol–water partition coefficient (Wildman–Crippen LogP) is 4.17. The minimum Gasteiger partial charge on any atom is -0.482 e. The molecule has 134 valence electrons. The van der Waals surface area contributed by atoms with E-state index >= 15 is 0 Å². The second-order valence-corrected chi connectivity index (χ2v) is 6.06. The van der Waals surface area contributed by atoms with Crippen LogP contribution in [0.2, 0.25) is 0 Å². The zero-order valence-corrected chi connectivity index (χ0v) is 14.4. The minimum atomic E-state index is -1.08. The molecule has 0 aliphatic rings. The van der Waals surface area contributed by atoms with Crippen molar-refractivity contribution < 1.29 is 23.8 Å². The van der Waals surface area contributed by atoms with E-state index in [0.717, 1.165) is 5.56 Å². The molecular formula is C20H18O6. The van der Waals surface area contributed by atoms with Crippen LogP contribution in [-0.4, -0.2) is 17.7 Å². The van der Waals surface area contributed by atoms with Crippen molar-refractivity contribution in [3.63, 3.8) is 0 Å². The highest BCUT2D eigenvalue weighted by atomic mass is 16.5. The first kappa shape index (κ1) is 17.5. The molecule has 0 bridgehead atoms. The van der Waals surface area contributed by atoms with Gasteiger partial charge in [-0.05, 0) is 29.7 Å². The Balaban J connectivity index is 1.94. The van der Waals surface area contributed by atoms with Crippen LogP contribution in [0.3, 0.4) is 0 Å². The van der Waals surface area contributed by atoms with Crippen molar-refractivity contribution in [2.75, 3.05) is 6.61 Å². The molecule has 0 fully saturated rings. The highest BCUT2D eigenvalue weighted by Crippen LogP contribution is 2.30. The van der Waals surface area contributed by atoms with E-state index in [-0.39, 0.29) is 17.1 Å². The van der Waals surface area contributed by atoms with Gasteiger partial charge in [0, 0.05) is 6.07 Å². The second-order valence-electron chi connectivity index (χ2n) is 6.06. The summed E-state index contributed by atoms with van der Waals surface area (Å²) in [7, 11) is 0. The van der Waals surface area contributed by atoms with Crippen LogP contribution < -0.4 is 14.9 Å². The van der Waals surface area contributed by atoms with Crippen molar-refractivity contribution in [1.82, 2.24) is 0 Å². The molecule has 6 heteroatoms. The molecule has 1 heterocycles. The van der Waals surface area contributed by atoms with Gasteiger partial charge in [-0.25, -0.2) is 4.79 Å². The fourth-order valence-electron chi connectivity index (χ4n) is 2.57. The molecule has 0 spiro atoms. The van der Waals surface area contributed by atoms with Crippen molar-refractivity contribution in [3.8, 4) is 17.2 Å². The van der Waals surface area contributed by atoms with E-state index in [4.69, 9.17) is 19.0 Å². The van der Waals surface area contributed by atoms with E-state index in [0.29, 0.717) is 22.5 Å². The average Bonchev–Trinajstić information content (AvgIpc) is 2.62. The zero-order valence-electron chi connectivity index (χ0n) is 14.4. The summed E-state index contributed by atoms with van der Waals surface area (Å²) in [5, 5.41) is 8.98. The maximum Gasteiger partial charge on any atom is 0.341 e. The number of para-hydroxylation sites is 1. The number of ether oxygens (including phenoxy) is 2. The lowest BCUT2D eigenvalue weighted by Gasteiger charge is -2.13. The molecule has 0 atom stereocenters. The molecule has 1 N–H and O–H groups in total. The van der Waals surface area contributed by atoms with Gasteiger partial charge in [-0.1, -0.05) is 32.0 Å². The smallest absolute Gasteiger partial charge is 0.341 e. The second kappa shape index (κ2) is 7.31. The van der Waals surface area contributed by atoms with Crippen LogP contribution in [-0.2, 0) is 4.79 Å². The Morgan fingerprint density at radius 3 is 2.65 bits per heavy atom. The first-order valence-electron chi connectivity index (χ1n) is 8.12. The number of rotatable bonds is 6. The lowest BCUT2D eigenvalue weighted by molar-refractivity contribution is -0.139. The van der Waals surface area contributed by atoms with Crippen LogP contribution >= 0.6 is 0 Å². The third-order valence-corrected chi connectivity index (χ3v) is 3.84. The Kier molecular flexibility index (Phi) is 4.93. The molecule has 0 saturated carbocycles. The van der Waals surface area contributed by atoms with E-state index < -0.39 is 12.6 Å². The molecule has 3 rings (SSSR count). The average molecular weight is 354 g/mol. The maximum atomic E-state index is 12.7. The van der Waals surface area contributed by atoms with Crippen LogP contribution in [0.1, 0.15) is 25.3 Å². The van der Waals surface area contributed by atoms with Gasteiger partial charge in [-0.3, -0.25) is 4.79 Å². The molecule has 3 aromatic rings. The number of hydrogen-bond donors (Lipinski definition) is 1. The van der Waals surface area contributed by atoms with Crippen LogP contribution in [0.15, 0.2) is 57.9 Å². The number of benzene rings is 2. The predicted molar refractivity (Wildman–Crippen MR) is 96.2 cm³/mol. The summed E-state index contributed by atoms with van der Waals surface area (Å²) in [4.78, 5) is 23.2. The standard InChI is InChI=1S/C20H18O6/c1-12(2)14-5-3-4-6-16(14)26-18-10-25-17-9-13(24-11-19(21)22)7-8-15(17)20(18)23/h3-10,12H,11H2,1-2H3,(H,21,22). The van der Waals surface area contributed by atoms with Crippen LogP contribution in [0.5, 0.6) is 17.2 Å². The highest BCUT2D eigenvalue weighted by Gasteiger charge is 2.13. The largest absolute Gasteiger partial charge is 0.482 e. The van der Waals surface area contributed by atoms with Crippen molar-refractivity contribution in [3.05, 3.63) is 64.5 Å². The molecule has 0 radical (unpaired) electrons. The summed E-state index contributed by atoms with van der Waals surface area (Å²) in [6.07, 6.45) is 1.25. The summed E-state index contributed by atoms with van der Waals surface area (Å²) in [5.74, 6) is 0.161. The number of hydrogen-bond acceptors (Lipinski definition) is 5. The Bertz CT molecular complexity index is 1000. The monoisotopic (exact) mass is 354 g/mol. The summed E-state index contributed by atoms with van der Waals surface area (Å²) in [6, 6.07) is 12.1. The lowest BCUT2D eigenvalue weighted by atomic mass is 10.0. The van der Waals surface area contributed by atoms with Crippen molar-refractivity contribution >= 4 is 16.9 Å². The molecule has 0 aliphatic carbocycles. The molecule has 26 heavy (non-hydrogen) atoms. The quantitative estimate of drug-likeness (QED) is 0.715. The molecule has 0 aliphatic heterocycles. The van der Waals surface area contributed by atoms with E-state index in [1.54, 1.807) is 0 Å². The lowest BCUT2D eigenvalue weighted by Crippen LogP contribution is -2.10. The van der Waals surface area contributed by atoms with Gasteiger partial charge in [0.05, 0.1) is 5.39 Å². The zero-order chi connectivity index (χ0) is 18.7. The number of carboxylic acid groups (broad SMARTS) is 1. The van der Waals surface area contributed by atoms with Gasteiger partial charge in [0.15, 0.2) is 6.61 Å². The molecule has 0 amide bonds.